The van der Waals surface area contributed by atoms with E-state index < -0.39 is 35.7 Å². The zero-order valence-electron chi connectivity index (χ0n) is 23.9. The molecule has 1 N–H and O–H groups in total. The first-order chi connectivity index (χ1) is 21.2. The highest BCUT2D eigenvalue weighted by atomic mass is 19.1. The quantitative estimate of drug-likeness (QED) is 0.248. The average molecular weight is 616 g/mol. The Labute approximate surface area is 250 Å². The summed E-state index contributed by atoms with van der Waals surface area (Å²) in [4.78, 5) is 61.6. The van der Waals surface area contributed by atoms with E-state index in [1.807, 2.05) is 0 Å². The molecule has 3 aromatic rings. The van der Waals surface area contributed by atoms with Crippen molar-refractivity contribution in [3.63, 3.8) is 0 Å². The summed E-state index contributed by atoms with van der Waals surface area (Å²) in [7, 11) is 1.48. The summed E-state index contributed by atoms with van der Waals surface area (Å²) in [5.41, 5.74) is -0.158. The van der Waals surface area contributed by atoms with E-state index in [9.17, 15) is 19.2 Å². The Kier molecular flexibility index (Phi) is 9.47. The predicted molar refractivity (Wildman–Crippen MR) is 150 cm³/mol. The van der Waals surface area contributed by atoms with Gasteiger partial charge in [0.15, 0.2) is 11.6 Å². The number of amides is 3. The number of anilines is 2. The van der Waals surface area contributed by atoms with E-state index >= 15 is 8.78 Å². The normalized spacial score (nSPS) is 16.8. The second-order valence-corrected chi connectivity index (χ2v) is 10.1. The van der Waals surface area contributed by atoms with Crippen molar-refractivity contribution < 1.29 is 42.2 Å². The van der Waals surface area contributed by atoms with Crippen molar-refractivity contribution in [2.45, 2.75) is 18.9 Å². The predicted octanol–water partition coefficient (Wildman–Crippen LogP) is 1.38. The van der Waals surface area contributed by atoms with Crippen LogP contribution >= 0.6 is 0 Å². The first-order valence-electron chi connectivity index (χ1n) is 14.0. The monoisotopic (exact) mass is 615 g/mol. The fourth-order valence-corrected chi connectivity index (χ4v) is 4.96. The molecule has 1 aromatic carbocycles. The van der Waals surface area contributed by atoms with Crippen LogP contribution in [-0.4, -0.2) is 109 Å². The highest BCUT2D eigenvalue weighted by Gasteiger charge is 2.34. The van der Waals surface area contributed by atoms with E-state index in [0.29, 0.717) is 5.78 Å². The molecule has 2 fully saturated rings. The van der Waals surface area contributed by atoms with Crippen LogP contribution in [0.2, 0.25) is 0 Å². The van der Waals surface area contributed by atoms with Crippen LogP contribution in [0.4, 0.5) is 25.0 Å². The van der Waals surface area contributed by atoms with Gasteiger partial charge in [-0.05, 0) is 12.5 Å². The molecule has 0 saturated carbocycles. The molecule has 5 rings (SSSR count). The molecular weight excluding hydrogens is 584 g/mol. The number of carbonyl (C=O) groups excluding carboxylic acids is 4. The van der Waals surface area contributed by atoms with E-state index in [1.54, 1.807) is 22.9 Å². The van der Waals surface area contributed by atoms with E-state index in [0.717, 1.165) is 17.0 Å². The number of cyclic esters (lactones) is 1. The third-order valence-electron chi connectivity index (χ3n) is 7.23. The Morgan fingerprint density at radius 1 is 1.11 bits per heavy atom. The second-order valence-electron chi connectivity index (χ2n) is 10.1. The van der Waals surface area contributed by atoms with Gasteiger partial charge >= 0.3 is 12.1 Å². The van der Waals surface area contributed by atoms with Crippen LogP contribution in [0, 0.1) is 11.6 Å². The molecular formula is C28H31F2N7O7. The third-order valence-corrected chi connectivity index (χ3v) is 7.23. The minimum Gasteiger partial charge on any atom is -0.463 e. The summed E-state index contributed by atoms with van der Waals surface area (Å²) in [6.45, 7) is 0.807. The number of rotatable bonds is 11. The maximum absolute atomic E-state index is 15.2. The van der Waals surface area contributed by atoms with Gasteiger partial charge in [-0.15, -0.1) is 0 Å². The Bertz CT molecular complexity index is 1490. The van der Waals surface area contributed by atoms with Gasteiger partial charge in [-0.1, -0.05) is 0 Å². The molecule has 2 aliphatic rings. The lowest BCUT2D eigenvalue weighted by Crippen LogP contribution is -2.51. The van der Waals surface area contributed by atoms with Gasteiger partial charge in [0, 0.05) is 70.4 Å². The maximum atomic E-state index is 15.2. The maximum Gasteiger partial charge on any atom is 0.414 e. The van der Waals surface area contributed by atoms with Crippen LogP contribution < -0.4 is 15.1 Å². The lowest BCUT2D eigenvalue weighted by molar-refractivity contribution is -0.145. The van der Waals surface area contributed by atoms with Crippen LogP contribution in [0.3, 0.4) is 0 Å². The molecule has 14 nitrogen and oxygen atoms in total. The molecule has 44 heavy (non-hydrogen) atoms. The molecule has 2 saturated heterocycles. The number of imidazole rings is 1. The Morgan fingerprint density at radius 2 is 1.86 bits per heavy atom. The Morgan fingerprint density at radius 3 is 2.57 bits per heavy atom. The summed E-state index contributed by atoms with van der Waals surface area (Å²) < 4.78 is 47.1. The molecule has 0 bridgehead atoms. The standard InChI is InChI=1S/C28H31F2N7O7/c1-42-11-12-43-24(39)4-3-19-16-37(28(41)44-19)18-13-20(29)25(21(30)14-18)35-9-7-34(8-10-35)23(38)15-32-26(40)22-17-36-6-2-5-31-27(36)33-22/h2,5-6,13-14,17,19H,3-4,7-12,15-16H2,1H3,(H,32,40)/t19-/m0/s1. The Hall–Kier alpha value is -4.86. The van der Waals surface area contributed by atoms with Gasteiger partial charge in [-0.25, -0.2) is 23.5 Å². The summed E-state index contributed by atoms with van der Waals surface area (Å²) in [5, 5.41) is 2.54. The van der Waals surface area contributed by atoms with Crippen LogP contribution in [0.15, 0.2) is 36.8 Å². The molecule has 0 radical (unpaired) electrons. The Balaban J connectivity index is 1.11. The molecule has 234 valence electrons. The summed E-state index contributed by atoms with van der Waals surface area (Å²) in [6.07, 6.45) is 3.54. The number of benzene rings is 1. The van der Waals surface area contributed by atoms with Crippen LogP contribution in [0.25, 0.3) is 5.78 Å². The minimum absolute atomic E-state index is 0.00938. The highest BCUT2D eigenvalue weighted by Crippen LogP contribution is 2.32. The number of nitrogens with zero attached hydrogens (tertiary/aromatic N) is 6. The topological polar surface area (TPSA) is 148 Å². The van der Waals surface area contributed by atoms with E-state index in [4.69, 9.17) is 14.2 Å². The number of aromatic nitrogens is 3. The summed E-state index contributed by atoms with van der Waals surface area (Å²) in [6, 6.07) is 3.81. The van der Waals surface area contributed by atoms with Crippen molar-refractivity contribution in [3.05, 3.63) is 54.1 Å². The first kappa shape index (κ1) is 30.6. The fraction of sp³-hybridized carbons (Fsp3) is 0.429. The minimum atomic E-state index is -0.869. The highest BCUT2D eigenvalue weighted by molar-refractivity contribution is 5.95. The van der Waals surface area contributed by atoms with Gasteiger partial charge in [0.25, 0.3) is 5.91 Å². The largest absolute Gasteiger partial charge is 0.463 e. The molecule has 0 spiro atoms. The number of hydrogen-bond acceptors (Lipinski definition) is 10. The SMILES string of the molecule is COCCOC(=O)CC[C@H]1CN(c2cc(F)c(N3CCN(C(=O)CNC(=O)c4cn5cccnc5n4)CC3)c(F)c2)C(=O)O1. The second kappa shape index (κ2) is 13.6. The van der Waals surface area contributed by atoms with Gasteiger partial charge in [-0.2, -0.15) is 0 Å². The number of piperazine rings is 1. The molecule has 2 aromatic heterocycles. The number of carbonyl (C=O) groups is 4. The van der Waals surface area contributed by atoms with Crippen molar-refractivity contribution in [3.8, 4) is 0 Å². The van der Waals surface area contributed by atoms with E-state index in [1.165, 1.54) is 23.1 Å². The molecule has 4 heterocycles. The zero-order chi connectivity index (χ0) is 31.2. The van der Waals surface area contributed by atoms with Crippen molar-refractivity contribution in [1.29, 1.82) is 0 Å². The number of halogens is 2. The molecule has 1 atom stereocenters. The number of nitrogens with one attached hydrogen (secondary N) is 1. The van der Waals surface area contributed by atoms with Crippen molar-refractivity contribution in [2.24, 2.45) is 0 Å². The smallest absolute Gasteiger partial charge is 0.414 e. The number of fused-ring (bicyclic) bond motifs is 1. The van der Waals surface area contributed by atoms with Crippen LogP contribution in [0.5, 0.6) is 0 Å². The number of methoxy groups -OCH3 is 1. The lowest BCUT2D eigenvalue weighted by Gasteiger charge is -2.36. The first-order valence-corrected chi connectivity index (χ1v) is 14.0. The molecule has 3 amide bonds. The average Bonchev–Trinajstić information content (AvgIpc) is 3.62. The van der Waals surface area contributed by atoms with Gasteiger partial charge < -0.3 is 29.3 Å². The van der Waals surface area contributed by atoms with Crippen molar-refractivity contribution >= 4 is 41.0 Å². The van der Waals surface area contributed by atoms with E-state index in [2.05, 4.69) is 15.3 Å². The van der Waals surface area contributed by atoms with Crippen molar-refractivity contribution in [2.75, 3.05) is 69.4 Å². The van der Waals surface area contributed by atoms with Gasteiger partial charge in [0.2, 0.25) is 11.7 Å². The summed E-state index contributed by atoms with van der Waals surface area (Å²) in [5.74, 6) is -2.73. The molecule has 2 aliphatic heterocycles. The van der Waals surface area contributed by atoms with Gasteiger partial charge in [-0.3, -0.25) is 23.7 Å². The lowest BCUT2D eigenvalue weighted by atomic mass is 10.1. The molecule has 16 heteroatoms. The van der Waals surface area contributed by atoms with Crippen molar-refractivity contribution in [1.82, 2.24) is 24.6 Å². The number of hydrogen-bond donors (Lipinski definition) is 1. The van der Waals surface area contributed by atoms with E-state index in [-0.39, 0.29) is 88.3 Å². The van der Waals surface area contributed by atoms with Crippen LogP contribution in [-0.2, 0) is 23.8 Å². The van der Waals surface area contributed by atoms with Gasteiger partial charge in [0.1, 0.15) is 24.1 Å². The number of esters is 1. The van der Waals surface area contributed by atoms with Gasteiger partial charge in [0.05, 0.1) is 25.4 Å². The fourth-order valence-electron chi connectivity index (χ4n) is 4.96. The van der Waals surface area contributed by atoms with Crippen LogP contribution in [0.1, 0.15) is 23.3 Å². The molecule has 0 aliphatic carbocycles. The summed E-state index contributed by atoms with van der Waals surface area (Å²) >= 11 is 0. The third kappa shape index (κ3) is 7.02. The number of ether oxygens (including phenoxy) is 3. The molecule has 0 unspecified atom stereocenters. The zero-order valence-corrected chi connectivity index (χ0v) is 23.9.